The Hall–Kier alpha value is -1.51. The van der Waals surface area contributed by atoms with Crippen LogP contribution >= 0.6 is 0 Å². The van der Waals surface area contributed by atoms with Crippen LogP contribution in [0.25, 0.3) is 0 Å². The number of amides is 1. The first kappa shape index (κ1) is 18.8. The van der Waals surface area contributed by atoms with Gasteiger partial charge in [-0.15, -0.1) is 0 Å². The van der Waals surface area contributed by atoms with Gasteiger partial charge in [0.1, 0.15) is 10.7 Å². The van der Waals surface area contributed by atoms with Gasteiger partial charge in [-0.1, -0.05) is 19.8 Å². The van der Waals surface area contributed by atoms with E-state index in [-0.39, 0.29) is 31.9 Å². The third kappa shape index (κ3) is 4.52. The summed E-state index contributed by atoms with van der Waals surface area (Å²) in [6, 6.07) is 3.42. The smallest absolute Gasteiger partial charge is 0.251 e. The Kier molecular flexibility index (Phi) is 6.70. The molecule has 2 rings (SSSR count). The molecule has 8 heteroatoms. The van der Waals surface area contributed by atoms with Gasteiger partial charge in [-0.3, -0.25) is 4.79 Å². The van der Waals surface area contributed by atoms with Crippen LogP contribution in [-0.2, 0) is 14.8 Å². The lowest BCUT2D eigenvalue weighted by Gasteiger charge is -2.26. The Balaban J connectivity index is 2.17. The molecule has 0 saturated carbocycles. The quantitative estimate of drug-likeness (QED) is 0.754. The van der Waals surface area contributed by atoms with Crippen molar-refractivity contribution in [3.63, 3.8) is 0 Å². The number of benzene rings is 1. The number of sulfonamides is 1. The van der Waals surface area contributed by atoms with E-state index in [1.54, 1.807) is 0 Å². The summed E-state index contributed by atoms with van der Waals surface area (Å²) in [5.41, 5.74) is 0.139. The number of hydrogen-bond donors (Lipinski definition) is 1. The molecule has 1 amide bonds. The van der Waals surface area contributed by atoms with E-state index in [0.29, 0.717) is 6.54 Å². The first-order valence-corrected chi connectivity index (χ1v) is 9.56. The maximum atomic E-state index is 14.1. The van der Waals surface area contributed by atoms with Gasteiger partial charge in [0.25, 0.3) is 5.91 Å². The molecule has 0 aromatic heterocycles. The number of morpholine rings is 1. The molecule has 24 heavy (non-hydrogen) atoms. The zero-order valence-electron chi connectivity index (χ0n) is 13.8. The van der Waals surface area contributed by atoms with Crippen molar-refractivity contribution in [3.8, 4) is 0 Å². The second-order valence-corrected chi connectivity index (χ2v) is 7.53. The predicted octanol–water partition coefficient (Wildman–Crippen LogP) is 1.77. The van der Waals surface area contributed by atoms with Crippen molar-refractivity contribution in [2.75, 3.05) is 32.8 Å². The third-order valence-corrected chi connectivity index (χ3v) is 5.76. The molecule has 0 unspecified atom stereocenters. The zero-order valence-corrected chi connectivity index (χ0v) is 14.6. The molecule has 1 aliphatic rings. The molecule has 1 saturated heterocycles. The summed E-state index contributed by atoms with van der Waals surface area (Å²) in [6.07, 6.45) is 2.89. The van der Waals surface area contributed by atoms with Crippen LogP contribution in [0.2, 0.25) is 0 Å². The average Bonchev–Trinajstić information content (AvgIpc) is 2.59. The molecule has 134 valence electrons. The van der Waals surface area contributed by atoms with Crippen LogP contribution in [-0.4, -0.2) is 51.5 Å². The van der Waals surface area contributed by atoms with Crippen LogP contribution in [0, 0.1) is 5.82 Å². The van der Waals surface area contributed by atoms with Crippen molar-refractivity contribution in [1.82, 2.24) is 9.62 Å². The number of carbonyl (C=O) groups excluding carboxylic acids is 1. The van der Waals surface area contributed by atoms with Crippen molar-refractivity contribution in [2.45, 2.75) is 31.1 Å². The molecule has 6 nitrogen and oxygen atoms in total. The van der Waals surface area contributed by atoms with Crippen LogP contribution in [0.15, 0.2) is 23.1 Å². The summed E-state index contributed by atoms with van der Waals surface area (Å²) in [4.78, 5) is 11.6. The molecule has 1 aromatic rings. The molecule has 0 atom stereocenters. The summed E-state index contributed by atoms with van der Waals surface area (Å²) >= 11 is 0. The van der Waals surface area contributed by atoms with Crippen molar-refractivity contribution in [2.24, 2.45) is 0 Å². The fourth-order valence-electron chi connectivity index (χ4n) is 2.45. The van der Waals surface area contributed by atoms with E-state index >= 15 is 0 Å². The topological polar surface area (TPSA) is 75.7 Å². The predicted molar refractivity (Wildman–Crippen MR) is 87.8 cm³/mol. The highest BCUT2D eigenvalue weighted by Crippen LogP contribution is 2.21. The standard InChI is InChI=1S/C16H23FN2O4S/c1-2-3-4-7-18-16(20)13-5-6-14(17)15(12-13)24(21,22)19-8-10-23-11-9-19/h5-6,12H,2-4,7-11H2,1H3,(H,18,20). The van der Waals surface area contributed by atoms with Crippen molar-refractivity contribution >= 4 is 15.9 Å². The minimum atomic E-state index is -3.98. The van der Waals surface area contributed by atoms with Gasteiger partial charge >= 0.3 is 0 Å². The van der Waals surface area contributed by atoms with Gasteiger partial charge < -0.3 is 10.1 Å². The molecule has 0 aliphatic carbocycles. The van der Waals surface area contributed by atoms with Crippen LogP contribution in [0.1, 0.15) is 36.5 Å². The Morgan fingerprint density at radius 3 is 2.67 bits per heavy atom. The second kappa shape index (κ2) is 8.55. The highest BCUT2D eigenvalue weighted by molar-refractivity contribution is 7.89. The maximum Gasteiger partial charge on any atom is 0.251 e. The van der Waals surface area contributed by atoms with Gasteiger partial charge in [0, 0.05) is 25.2 Å². The first-order valence-electron chi connectivity index (χ1n) is 8.12. The number of carbonyl (C=O) groups is 1. The van der Waals surface area contributed by atoms with E-state index < -0.39 is 26.6 Å². The Morgan fingerprint density at radius 1 is 1.29 bits per heavy atom. The van der Waals surface area contributed by atoms with E-state index in [2.05, 4.69) is 12.2 Å². The number of nitrogens with one attached hydrogen (secondary N) is 1. The first-order chi connectivity index (χ1) is 11.5. The minimum absolute atomic E-state index is 0.139. The monoisotopic (exact) mass is 358 g/mol. The summed E-state index contributed by atoms with van der Waals surface area (Å²) in [6.45, 7) is 3.47. The van der Waals surface area contributed by atoms with Gasteiger partial charge in [0.2, 0.25) is 10.0 Å². The molecule has 1 fully saturated rings. The Bertz CT molecular complexity index is 673. The summed E-state index contributed by atoms with van der Waals surface area (Å²) in [7, 11) is -3.98. The Labute approximate surface area is 142 Å². The van der Waals surface area contributed by atoms with Crippen LogP contribution in [0.4, 0.5) is 4.39 Å². The normalized spacial score (nSPS) is 16.1. The van der Waals surface area contributed by atoms with Gasteiger partial charge in [0.15, 0.2) is 0 Å². The number of ether oxygens (including phenoxy) is 1. The summed E-state index contributed by atoms with van der Waals surface area (Å²) in [5.74, 6) is -1.26. The molecule has 1 aliphatic heterocycles. The SMILES string of the molecule is CCCCCNC(=O)c1ccc(F)c(S(=O)(=O)N2CCOCC2)c1. The largest absolute Gasteiger partial charge is 0.379 e. The number of unbranched alkanes of at least 4 members (excludes halogenated alkanes) is 2. The van der Waals surface area contributed by atoms with E-state index in [1.807, 2.05) is 0 Å². The van der Waals surface area contributed by atoms with Gasteiger partial charge in [-0.25, -0.2) is 12.8 Å². The van der Waals surface area contributed by atoms with Gasteiger partial charge in [0.05, 0.1) is 13.2 Å². The number of rotatable bonds is 7. The van der Waals surface area contributed by atoms with Gasteiger partial charge in [-0.2, -0.15) is 4.31 Å². The summed E-state index contributed by atoms with van der Waals surface area (Å²) < 4.78 is 45.5. The van der Waals surface area contributed by atoms with Crippen LogP contribution < -0.4 is 5.32 Å². The molecular formula is C16H23FN2O4S. The molecule has 0 spiro atoms. The second-order valence-electron chi connectivity index (χ2n) is 5.62. The van der Waals surface area contributed by atoms with E-state index in [4.69, 9.17) is 4.74 Å². The lowest BCUT2D eigenvalue weighted by molar-refractivity contribution is 0.0729. The highest BCUT2D eigenvalue weighted by Gasteiger charge is 2.29. The lowest BCUT2D eigenvalue weighted by Crippen LogP contribution is -2.41. The van der Waals surface area contributed by atoms with Crippen molar-refractivity contribution < 1.29 is 22.3 Å². The fraction of sp³-hybridized carbons (Fsp3) is 0.562. The third-order valence-electron chi connectivity index (χ3n) is 3.85. The molecule has 0 bridgehead atoms. The van der Waals surface area contributed by atoms with Gasteiger partial charge in [-0.05, 0) is 24.6 Å². The summed E-state index contributed by atoms with van der Waals surface area (Å²) in [5, 5.41) is 2.72. The number of hydrogen-bond acceptors (Lipinski definition) is 4. The molecule has 1 aromatic carbocycles. The molecule has 1 heterocycles. The van der Waals surface area contributed by atoms with Crippen molar-refractivity contribution in [3.05, 3.63) is 29.6 Å². The highest BCUT2D eigenvalue weighted by atomic mass is 32.2. The van der Waals surface area contributed by atoms with Crippen LogP contribution in [0.5, 0.6) is 0 Å². The fourth-order valence-corrected chi connectivity index (χ4v) is 3.95. The average molecular weight is 358 g/mol. The molecule has 1 N–H and O–H groups in total. The van der Waals surface area contributed by atoms with Crippen molar-refractivity contribution in [1.29, 1.82) is 0 Å². The van der Waals surface area contributed by atoms with E-state index in [1.165, 1.54) is 10.4 Å². The molecular weight excluding hydrogens is 335 g/mol. The zero-order chi connectivity index (χ0) is 17.6. The maximum absolute atomic E-state index is 14.1. The molecule has 0 radical (unpaired) electrons. The van der Waals surface area contributed by atoms with Crippen LogP contribution in [0.3, 0.4) is 0 Å². The number of nitrogens with zero attached hydrogens (tertiary/aromatic N) is 1. The van der Waals surface area contributed by atoms with E-state index in [9.17, 15) is 17.6 Å². The number of halogens is 1. The lowest BCUT2D eigenvalue weighted by atomic mass is 10.2. The minimum Gasteiger partial charge on any atom is -0.379 e. The van der Waals surface area contributed by atoms with E-state index in [0.717, 1.165) is 31.4 Å². The Morgan fingerprint density at radius 2 is 2.00 bits per heavy atom.